The third-order valence-electron chi connectivity index (χ3n) is 3.63. The average molecular weight is 396 g/mol. The van der Waals surface area contributed by atoms with Crippen molar-refractivity contribution in [1.29, 1.82) is 0 Å². The molecule has 1 atom stereocenters. The van der Waals surface area contributed by atoms with Crippen molar-refractivity contribution in [1.82, 2.24) is 5.32 Å². The van der Waals surface area contributed by atoms with Crippen molar-refractivity contribution in [3.05, 3.63) is 45.3 Å². The van der Waals surface area contributed by atoms with Gasteiger partial charge in [0, 0.05) is 6.54 Å². The zero-order chi connectivity index (χ0) is 19.1. The molecule has 0 unspecified atom stereocenters. The van der Waals surface area contributed by atoms with Gasteiger partial charge in [-0.15, -0.1) is 11.8 Å². The summed E-state index contributed by atoms with van der Waals surface area (Å²) in [6.45, 7) is 2.16. The quantitative estimate of drug-likeness (QED) is 0.396. The van der Waals surface area contributed by atoms with E-state index in [0.717, 1.165) is 28.4 Å². The molecule has 2 aromatic rings. The molecule has 1 aromatic heterocycles. The number of rotatable bonds is 9. The van der Waals surface area contributed by atoms with Crippen LogP contribution in [0, 0.1) is 10.1 Å². The topological polar surface area (TPSA) is 90.7 Å². The molecular weight excluding hydrogens is 376 g/mol. The monoisotopic (exact) mass is 396 g/mol. The van der Waals surface area contributed by atoms with E-state index >= 15 is 0 Å². The lowest BCUT2D eigenvalue weighted by Crippen LogP contribution is -2.32. The van der Waals surface area contributed by atoms with Gasteiger partial charge in [-0.05, 0) is 48.6 Å². The van der Waals surface area contributed by atoms with Gasteiger partial charge in [0.15, 0.2) is 0 Å². The number of ether oxygens (including phenoxy) is 2. The molecule has 0 spiro atoms. The van der Waals surface area contributed by atoms with Crippen molar-refractivity contribution in [2.75, 3.05) is 20.8 Å². The lowest BCUT2D eigenvalue weighted by molar-refractivity contribution is -0.382. The molecule has 0 aliphatic carbocycles. The van der Waals surface area contributed by atoms with Gasteiger partial charge < -0.3 is 14.8 Å². The van der Waals surface area contributed by atoms with E-state index in [1.165, 1.54) is 11.8 Å². The molecule has 0 fully saturated rings. The number of amides is 1. The van der Waals surface area contributed by atoms with Gasteiger partial charge in [-0.3, -0.25) is 14.9 Å². The fraction of sp³-hybridized carbons (Fsp3) is 0.353. The first-order chi connectivity index (χ1) is 12.5. The van der Waals surface area contributed by atoms with Crippen molar-refractivity contribution in [2.45, 2.75) is 23.5 Å². The van der Waals surface area contributed by atoms with Crippen LogP contribution in [0.25, 0.3) is 0 Å². The Balaban J connectivity index is 1.90. The Hall–Kier alpha value is -2.26. The van der Waals surface area contributed by atoms with Gasteiger partial charge in [0.1, 0.15) is 11.5 Å². The standard InChI is InChI=1S/C17H20N2O5S2/c1-11(26-15-7-9-25-17(15)19(21)22)16(20)18-8-6-12-10-13(23-2)4-5-14(12)24-3/h4-5,7,9-11H,6,8H2,1-3H3,(H,18,20)/t11-/m0/s1. The molecule has 2 rings (SSSR count). The van der Waals surface area contributed by atoms with Crippen LogP contribution in [0.15, 0.2) is 34.5 Å². The second kappa shape index (κ2) is 9.44. The molecule has 0 saturated heterocycles. The van der Waals surface area contributed by atoms with E-state index < -0.39 is 10.2 Å². The molecule has 0 aliphatic heterocycles. The van der Waals surface area contributed by atoms with Crippen molar-refractivity contribution in [3.8, 4) is 11.5 Å². The lowest BCUT2D eigenvalue weighted by atomic mass is 10.1. The number of hydrogen-bond acceptors (Lipinski definition) is 7. The molecule has 7 nitrogen and oxygen atoms in total. The van der Waals surface area contributed by atoms with E-state index in [1.54, 1.807) is 32.6 Å². The molecule has 0 aliphatic rings. The van der Waals surface area contributed by atoms with Crippen LogP contribution in [0.5, 0.6) is 11.5 Å². The Kier molecular flexibility index (Phi) is 7.28. The van der Waals surface area contributed by atoms with Gasteiger partial charge >= 0.3 is 5.00 Å². The first-order valence-electron chi connectivity index (χ1n) is 7.83. The fourth-order valence-corrected chi connectivity index (χ4v) is 4.17. The Bertz CT molecular complexity index is 778. The largest absolute Gasteiger partial charge is 0.497 e. The number of carbonyl (C=O) groups is 1. The Labute approximate surface area is 159 Å². The van der Waals surface area contributed by atoms with E-state index in [1.807, 2.05) is 18.2 Å². The summed E-state index contributed by atoms with van der Waals surface area (Å²) in [6, 6.07) is 7.17. The van der Waals surface area contributed by atoms with Crippen molar-refractivity contribution < 1.29 is 19.2 Å². The highest BCUT2D eigenvalue weighted by Crippen LogP contribution is 2.36. The van der Waals surface area contributed by atoms with Crippen molar-refractivity contribution >= 4 is 34.0 Å². The first kappa shape index (κ1) is 20.1. The van der Waals surface area contributed by atoms with Crippen LogP contribution >= 0.6 is 23.1 Å². The van der Waals surface area contributed by atoms with Crippen LogP contribution in [0.1, 0.15) is 12.5 Å². The number of thiophene rings is 1. The Morgan fingerprint density at radius 1 is 1.35 bits per heavy atom. The van der Waals surface area contributed by atoms with Gasteiger partial charge in [-0.25, -0.2) is 0 Å². The van der Waals surface area contributed by atoms with Crippen molar-refractivity contribution in [2.24, 2.45) is 0 Å². The summed E-state index contributed by atoms with van der Waals surface area (Å²) in [5.74, 6) is 1.29. The molecule has 1 aromatic carbocycles. The van der Waals surface area contributed by atoms with Crippen molar-refractivity contribution in [3.63, 3.8) is 0 Å². The number of carbonyl (C=O) groups excluding carboxylic acids is 1. The first-order valence-corrected chi connectivity index (χ1v) is 9.59. The summed E-state index contributed by atoms with van der Waals surface area (Å²) in [5, 5.41) is 15.1. The van der Waals surface area contributed by atoms with Crippen LogP contribution in [-0.2, 0) is 11.2 Å². The third-order valence-corrected chi connectivity index (χ3v) is 5.77. The number of nitrogens with one attached hydrogen (secondary N) is 1. The zero-order valence-electron chi connectivity index (χ0n) is 14.7. The highest BCUT2D eigenvalue weighted by Gasteiger charge is 2.21. The van der Waals surface area contributed by atoms with Gasteiger partial charge in [-0.2, -0.15) is 0 Å². The number of methoxy groups -OCH3 is 2. The van der Waals surface area contributed by atoms with E-state index in [-0.39, 0.29) is 10.9 Å². The summed E-state index contributed by atoms with van der Waals surface area (Å²) < 4.78 is 10.5. The minimum Gasteiger partial charge on any atom is -0.497 e. The second-order valence-electron chi connectivity index (χ2n) is 5.33. The SMILES string of the molecule is COc1ccc(OC)c(CCNC(=O)[C@H](C)Sc2ccsc2[N+](=O)[O-])c1. The van der Waals surface area contributed by atoms with E-state index in [9.17, 15) is 14.9 Å². The highest BCUT2D eigenvalue weighted by molar-refractivity contribution is 8.00. The highest BCUT2D eigenvalue weighted by atomic mass is 32.2. The lowest BCUT2D eigenvalue weighted by Gasteiger charge is -2.13. The van der Waals surface area contributed by atoms with E-state index in [2.05, 4.69) is 5.32 Å². The molecule has 140 valence electrons. The molecule has 9 heteroatoms. The number of nitro groups is 1. The summed E-state index contributed by atoms with van der Waals surface area (Å²) in [7, 11) is 3.19. The Morgan fingerprint density at radius 2 is 2.12 bits per heavy atom. The minimum atomic E-state index is -0.435. The maximum Gasteiger partial charge on any atom is 0.337 e. The van der Waals surface area contributed by atoms with E-state index in [4.69, 9.17) is 9.47 Å². The Morgan fingerprint density at radius 3 is 2.77 bits per heavy atom. The molecule has 0 saturated carbocycles. The van der Waals surface area contributed by atoms with Crippen LogP contribution < -0.4 is 14.8 Å². The zero-order valence-corrected chi connectivity index (χ0v) is 16.3. The van der Waals surface area contributed by atoms with Crippen LogP contribution in [0.2, 0.25) is 0 Å². The minimum absolute atomic E-state index is 0.0655. The summed E-state index contributed by atoms with van der Waals surface area (Å²) in [4.78, 5) is 23.3. The van der Waals surface area contributed by atoms with Gasteiger partial charge in [0.05, 0.1) is 29.3 Å². The molecule has 26 heavy (non-hydrogen) atoms. The maximum absolute atomic E-state index is 12.3. The number of nitrogens with zero attached hydrogens (tertiary/aromatic N) is 1. The van der Waals surface area contributed by atoms with Gasteiger partial charge in [0.25, 0.3) is 0 Å². The number of hydrogen-bond donors (Lipinski definition) is 1. The normalized spacial score (nSPS) is 11.7. The van der Waals surface area contributed by atoms with Crippen LogP contribution in [0.3, 0.4) is 0 Å². The molecule has 1 N–H and O–H groups in total. The molecular formula is C17H20N2O5S2. The second-order valence-corrected chi connectivity index (χ2v) is 7.60. The summed E-state index contributed by atoms with van der Waals surface area (Å²) in [6.07, 6.45) is 0.585. The maximum atomic E-state index is 12.3. The summed E-state index contributed by atoms with van der Waals surface area (Å²) in [5.41, 5.74) is 0.931. The van der Waals surface area contributed by atoms with Gasteiger partial charge in [-0.1, -0.05) is 11.3 Å². The predicted molar refractivity (Wildman–Crippen MR) is 103 cm³/mol. The third kappa shape index (κ3) is 5.12. The van der Waals surface area contributed by atoms with E-state index in [0.29, 0.717) is 17.9 Å². The number of thioether (sulfide) groups is 1. The molecule has 1 amide bonds. The summed E-state index contributed by atoms with van der Waals surface area (Å²) >= 11 is 2.24. The predicted octanol–water partition coefficient (Wildman–Crippen LogP) is 3.51. The molecule has 0 bridgehead atoms. The molecule has 0 radical (unpaired) electrons. The van der Waals surface area contributed by atoms with Crippen LogP contribution in [0.4, 0.5) is 5.00 Å². The smallest absolute Gasteiger partial charge is 0.337 e. The average Bonchev–Trinajstić information content (AvgIpc) is 3.09. The fourth-order valence-electron chi connectivity index (χ4n) is 2.30. The van der Waals surface area contributed by atoms with Gasteiger partial charge in [0.2, 0.25) is 5.91 Å². The molecule has 1 heterocycles. The van der Waals surface area contributed by atoms with Crippen LogP contribution in [-0.4, -0.2) is 36.8 Å². The number of benzene rings is 1.